The Morgan fingerprint density at radius 3 is 2.42 bits per heavy atom. The lowest BCUT2D eigenvalue weighted by atomic mass is 9.97. The molecule has 0 unspecified atom stereocenters. The predicted octanol–water partition coefficient (Wildman–Crippen LogP) is 4.07. The van der Waals surface area contributed by atoms with Gasteiger partial charge in [-0.15, -0.1) is 0 Å². The highest BCUT2D eigenvalue weighted by atomic mass is 35.5. The van der Waals surface area contributed by atoms with E-state index < -0.39 is 10.1 Å². The van der Waals surface area contributed by atoms with E-state index in [1.54, 1.807) is 0 Å². The second kappa shape index (κ2) is 6.93. The zero-order valence-electron chi connectivity index (χ0n) is 11.0. The van der Waals surface area contributed by atoms with Crippen LogP contribution in [0.3, 0.4) is 0 Å². The molecule has 1 aromatic rings. The molecular weight excluding hydrogens is 307 g/mol. The monoisotopic (exact) mass is 324 g/mol. The van der Waals surface area contributed by atoms with E-state index in [1.807, 2.05) is 19.9 Å². The second-order valence-corrected chi connectivity index (χ2v) is 6.89. The van der Waals surface area contributed by atoms with E-state index >= 15 is 0 Å². The minimum Gasteiger partial charge on any atom is -0.286 e. The molecule has 0 fully saturated rings. The molecule has 0 aromatic heterocycles. The number of hydrogen-bond acceptors (Lipinski definition) is 2. The van der Waals surface area contributed by atoms with Gasteiger partial charge in [-0.2, -0.15) is 8.42 Å². The van der Waals surface area contributed by atoms with Crippen LogP contribution in [0.15, 0.2) is 6.07 Å². The lowest BCUT2D eigenvalue weighted by Crippen LogP contribution is -2.04. The molecule has 0 aliphatic carbocycles. The van der Waals surface area contributed by atoms with Gasteiger partial charge in [0.2, 0.25) is 0 Å². The first kappa shape index (κ1) is 16.8. The number of halogens is 2. The van der Waals surface area contributed by atoms with Crippen LogP contribution in [-0.2, 0) is 23.0 Å². The van der Waals surface area contributed by atoms with Gasteiger partial charge in [-0.25, -0.2) is 0 Å². The summed E-state index contributed by atoms with van der Waals surface area (Å²) >= 11 is 12.2. The summed E-state index contributed by atoms with van der Waals surface area (Å²) in [5.41, 5.74) is 3.24. The average molecular weight is 325 g/mol. The number of hydrogen-bond donors (Lipinski definition) is 1. The van der Waals surface area contributed by atoms with Crippen LogP contribution in [0, 0.1) is 6.92 Å². The number of rotatable bonds is 6. The quantitative estimate of drug-likeness (QED) is 0.633. The molecule has 0 aliphatic heterocycles. The van der Waals surface area contributed by atoms with Crippen LogP contribution in [0.4, 0.5) is 0 Å². The van der Waals surface area contributed by atoms with Crippen molar-refractivity contribution < 1.29 is 13.0 Å². The fraction of sp³-hybridized carbons (Fsp3) is 0.538. The molecule has 3 nitrogen and oxygen atoms in total. The molecule has 1 aromatic carbocycles. The maximum absolute atomic E-state index is 10.6. The molecule has 19 heavy (non-hydrogen) atoms. The van der Waals surface area contributed by atoms with Crippen molar-refractivity contribution in [3.8, 4) is 0 Å². The van der Waals surface area contributed by atoms with E-state index in [1.165, 1.54) is 0 Å². The van der Waals surface area contributed by atoms with E-state index in [-0.39, 0.29) is 5.75 Å². The lowest BCUT2D eigenvalue weighted by molar-refractivity contribution is 0.480. The highest BCUT2D eigenvalue weighted by Gasteiger charge is 2.12. The highest BCUT2D eigenvalue weighted by Crippen LogP contribution is 2.32. The maximum Gasteiger partial charge on any atom is 0.264 e. The summed E-state index contributed by atoms with van der Waals surface area (Å²) < 4.78 is 29.9. The van der Waals surface area contributed by atoms with Gasteiger partial charge in [0.05, 0.1) is 15.8 Å². The third kappa shape index (κ3) is 4.95. The fourth-order valence-electron chi connectivity index (χ4n) is 2.11. The zero-order valence-corrected chi connectivity index (χ0v) is 13.4. The molecule has 0 aliphatic rings. The summed E-state index contributed by atoms with van der Waals surface area (Å²) in [5.74, 6) is -0.200. The van der Waals surface area contributed by atoms with Crippen molar-refractivity contribution in [2.24, 2.45) is 0 Å². The Hall–Kier alpha value is -0.290. The summed E-state index contributed by atoms with van der Waals surface area (Å²) in [6, 6.07) is 1.84. The molecule has 0 atom stereocenters. The van der Waals surface area contributed by atoms with Crippen LogP contribution in [0.2, 0.25) is 10.0 Å². The standard InChI is InChI=1S/C13H18Cl2O3S/c1-3-11-9(2)10(8-12(14)13(11)15)6-4-5-7-19(16,17)18/h8H,3-7H2,1-2H3,(H,16,17,18). The van der Waals surface area contributed by atoms with Crippen molar-refractivity contribution >= 4 is 33.3 Å². The second-order valence-electron chi connectivity index (χ2n) is 4.53. The third-order valence-corrected chi connectivity index (χ3v) is 4.79. The van der Waals surface area contributed by atoms with Gasteiger partial charge >= 0.3 is 0 Å². The first-order valence-electron chi connectivity index (χ1n) is 6.17. The zero-order chi connectivity index (χ0) is 14.6. The van der Waals surface area contributed by atoms with Crippen molar-refractivity contribution in [2.45, 2.75) is 39.5 Å². The van der Waals surface area contributed by atoms with E-state index in [0.29, 0.717) is 22.9 Å². The number of aryl methyl sites for hydroxylation is 1. The average Bonchev–Trinajstić information content (AvgIpc) is 2.30. The summed E-state index contributed by atoms with van der Waals surface area (Å²) in [6.07, 6.45) is 2.65. The Balaban J connectivity index is 2.77. The molecular formula is C13H18Cl2O3S. The van der Waals surface area contributed by atoms with Crippen molar-refractivity contribution in [1.29, 1.82) is 0 Å². The lowest BCUT2D eigenvalue weighted by Gasteiger charge is -2.13. The number of benzene rings is 1. The molecule has 0 amide bonds. The molecule has 0 bridgehead atoms. The molecule has 108 valence electrons. The van der Waals surface area contributed by atoms with Crippen molar-refractivity contribution in [3.63, 3.8) is 0 Å². The van der Waals surface area contributed by atoms with E-state index in [2.05, 4.69) is 0 Å². The Kier molecular flexibility index (Phi) is 6.12. The van der Waals surface area contributed by atoms with Gasteiger partial charge in [0, 0.05) is 0 Å². The topological polar surface area (TPSA) is 54.4 Å². The van der Waals surface area contributed by atoms with Gasteiger partial charge in [-0.05, 0) is 55.4 Å². The van der Waals surface area contributed by atoms with Crippen LogP contribution >= 0.6 is 23.2 Å². The van der Waals surface area contributed by atoms with Gasteiger partial charge in [0.15, 0.2) is 0 Å². The van der Waals surface area contributed by atoms with Gasteiger partial charge in [-0.3, -0.25) is 4.55 Å². The molecule has 0 saturated carbocycles. The molecule has 0 radical (unpaired) electrons. The molecule has 1 rings (SSSR count). The summed E-state index contributed by atoms with van der Waals surface area (Å²) in [6.45, 7) is 4.02. The predicted molar refractivity (Wildman–Crippen MR) is 79.9 cm³/mol. The minimum atomic E-state index is -3.86. The first-order chi connectivity index (χ1) is 8.76. The van der Waals surface area contributed by atoms with E-state index in [4.69, 9.17) is 27.8 Å². The smallest absolute Gasteiger partial charge is 0.264 e. The Morgan fingerprint density at radius 2 is 1.89 bits per heavy atom. The van der Waals surface area contributed by atoms with Crippen LogP contribution in [0.1, 0.15) is 36.5 Å². The fourth-order valence-corrected chi connectivity index (χ4v) is 3.25. The van der Waals surface area contributed by atoms with E-state index in [9.17, 15) is 8.42 Å². The van der Waals surface area contributed by atoms with Crippen LogP contribution in [0.5, 0.6) is 0 Å². The SMILES string of the molecule is CCc1c(C)c(CCCCS(=O)(=O)O)cc(Cl)c1Cl. The summed E-state index contributed by atoms with van der Waals surface area (Å²) in [7, 11) is -3.86. The molecule has 0 spiro atoms. The molecule has 0 heterocycles. The van der Waals surface area contributed by atoms with Gasteiger partial charge in [0.1, 0.15) is 0 Å². The normalized spacial score (nSPS) is 11.8. The first-order valence-corrected chi connectivity index (χ1v) is 8.54. The van der Waals surface area contributed by atoms with Crippen molar-refractivity contribution in [1.82, 2.24) is 0 Å². The Morgan fingerprint density at radius 1 is 1.26 bits per heavy atom. The van der Waals surface area contributed by atoms with Crippen molar-refractivity contribution in [2.75, 3.05) is 5.75 Å². The van der Waals surface area contributed by atoms with E-state index in [0.717, 1.165) is 29.5 Å². The molecule has 1 N–H and O–H groups in total. The Labute approximate surface area is 124 Å². The minimum absolute atomic E-state index is 0.200. The van der Waals surface area contributed by atoms with Crippen LogP contribution < -0.4 is 0 Å². The van der Waals surface area contributed by atoms with Gasteiger partial charge in [0.25, 0.3) is 10.1 Å². The maximum atomic E-state index is 10.6. The highest BCUT2D eigenvalue weighted by molar-refractivity contribution is 7.85. The van der Waals surface area contributed by atoms with Crippen molar-refractivity contribution in [3.05, 3.63) is 32.8 Å². The van der Waals surface area contributed by atoms with Gasteiger partial charge in [-0.1, -0.05) is 30.1 Å². The Bertz CT molecular complexity index is 553. The molecule has 0 saturated heterocycles. The molecule has 6 heteroatoms. The summed E-state index contributed by atoms with van der Waals surface area (Å²) in [5, 5.41) is 1.14. The van der Waals surface area contributed by atoms with Gasteiger partial charge < -0.3 is 0 Å². The third-order valence-electron chi connectivity index (χ3n) is 3.16. The van der Waals surface area contributed by atoms with Crippen LogP contribution in [-0.4, -0.2) is 18.7 Å². The largest absolute Gasteiger partial charge is 0.286 e. The number of unbranched alkanes of at least 4 members (excludes halogenated alkanes) is 1. The summed E-state index contributed by atoms with van der Waals surface area (Å²) in [4.78, 5) is 0. The van der Waals surface area contributed by atoms with Crippen LogP contribution in [0.25, 0.3) is 0 Å².